The Morgan fingerprint density at radius 3 is 2.88 bits per heavy atom. The van der Waals surface area contributed by atoms with Gasteiger partial charge < -0.3 is 5.32 Å². The summed E-state index contributed by atoms with van der Waals surface area (Å²) in [4.78, 5) is 30.3. The number of nitrogens with one attached hydrogen (secondary N) is 2. The largest absolute Gasteiger partial charge is 0.332 e. The molecule has 92 valence electrons. The van der Waals surface area contributed by atoms with Gasteiger partial charge in [-0.1, -0.05) is 0 Å². The predicted molar refractivity (Wildman–Crippen MR) is 62.5 cm³/mol. The summed E-state index contributed by atoms with van der Waals surface area (Å²) < 4.78 is 0. The van der Waals surface area contributed by atoms with Crippen LogP contribution >= 0.6 is 11.6 Å². The molecule has 0 saturated carbocycles. The Hall–Kier alpha value is -1.69. The lowest BCUT2D eigenvalue weighted by Gasteiger charge is -2.05. The van der Waals surface area contributed by atoms with Crippen LogP contribution < -0.4 is 10.6 Å². The minimum atomic E-state index is -0.559. The third-order valence-corrected chi connectivity index (χ3v) is 2.03. The molecule has 1 rings (SSSR count). The molecule has 7 heteroatoms. The van der Waals surface area contributed by atoms with Gasteiger partial charge in [0.25, 0.3) is 0 Å². The summed E-state index contributed by atoms with van der Waals surface area (Å²) in [6.07, 6.45) is 1.72. The van der Waals surface area contributed by atoms with Gasteiger partial charge in [0, 0.05) is 18.5 Å². The van der Waals surface area contributed by atoms with E-state index < -0.39 is 11.9 Å². The lowest BCUT2D eigenvalue weighted by molar-refractivity contribution is -0.119. The number of alkyl halides is 1. The first-order chi connectivity index (χ1) is 8.11. The molecule has 0 aliphatic heterocycles. The van der Waals surface area contributed by atoms with Crippen molar-refractivity contribution in [2.45, 2.75) is 19.9 Å². The van der Waals surface area contributed by atoms with Crippen molar-refractivity contribution in [2.75, 3.05) is 5.88 Å². The Labute approximate surface area is 104 Å². The summed E-state index contributed by atoms with van der Waals surface area (Å²) in [6, 6.07) is 1.13. The average Bonchev–Trinajstić information content (AvgIpc) is 2.27. The van der Waals surface area contributed by atoms with Crippen molar-refractivity contribution >= 4 is 23.5 Å². The summed E-state index contributed by atoms with van der Waals surface area (Å²) >= 11 is 5.36. The van der Waals surface area contributed by atoms with Crippen molar-refractivity contribution in [2.24, 2.45) is 0 Å². The van der Waals surface area contributed by atoms with E-state index in [0.717, 1.165) is 0 Å². The van der Waals surface area contributed by atoms with Crippen LogP contribution in [-0.2, 0) is 11.3 Å². The molecule has 17 heavy (non-hydrogen) atoms. The van der Waals surface area contributed by atoms with E-state index in [1.165, 1.54) is 0 Å². The minimum Gasteiger partial charge on any atom is -0.332 e. The maximum Gasteiger partial charge on any atom is 0.321 e. The Balaban J connectivity index is 2.35. The predicted octanol–water partition coefficient (Wildman–Crippen LogP) is 0.740. The molecule has 0 radical (unpaired) electrons. The lowest BCUT2D eigenvalue weighted by Crippen LogP contribution is -2.39. The lowest BCUT2D eigenvalue weighted by atomic mass is 10.4. The highest BCUT2D eigenvalue weighted by molar-refractivity contribution is 6.19. The third-order valence-electron chi connectivity index (χ3n) is 1.84. The van der Waals surface area contributed by atoms with Gasteiger partial charge in [-0.3, -0.25) is 10.1 Å². The van der Waals surface area contributed by atoms with Crippen molar-refractivity contribution in [3.05, 3.63) is 23.8 Å². The van der Waals surface area contributed by atoms with Gasteiger partial charge in [0.05, 0.1) is 12.2 Å². The Morgan fingerprint density at radius 1 is 1.47 bits per heavy atom. The smallest absolute Gasteiger partial charge is 0.321 e. The number of hydrogen-bond acceptors (Lipinski definition) is 4. The summed E-state index contributed by atoms with van der Waals surface area (Å²) in [5, 5.41) is 4.66. The van der Waals surface area contributed by atoms with E-state index in [1.54, 1.807) is 19.2 Å². The van der Waals surface area contributed by atoms with Crippen molar-refractivity contribution < 1.29 is 9.59 Å². The molecule has 3 amide bonds. The van der Waals surface area contributed by atoms with Gasteiger partial charge in [-0.05, 0) is 13.0 Å². The van der Waals surface area contributed by atoms with E-state index >= 15 is 0 Å². The number of aromatic nitrogens is 2. The number of aryl methyl sites for hydroxylation is 1. The molecule has 0 saturated heterocycles. The number of urea groups is 1. The zero-order valence-corrected chi connectivity index (χ0v) is 10.1. The molecule has 6 nitrogen and oxygen atoms in total. The van der Waals surface area contributed by atoms with Crippen LogP contribution in [0, 0.1) is 6.92 Å². The molecule has 0 aliphatic rings. The second-order valence-corrected chi connectivity index (χ2v) is 3.64. The molecule has 2 N–H and O–H groups in total. The van der Waals surface area contributed by atoms with Crippen molar-refractivity contribution in [1.82, 2.24) is 20.6 Å². The molecule has 1 aromatic rings. The number of imide groups is 1. The number of carbonyl (C=O) groups is 2. The molecule has 0 bridgehead atoms. The van der Waals surface area contributed by atoms with Gasteiger partial charge in [0.1, 0.15) is 5.82 Å². The van der Waals surface area contributed by atoms with Crippen LogP contribution in [0.2, 0.25) is 0 Å². The summed E-state index contributed by atoms with van der Waals surface area (Å²) in [6.45, 7) is 2.00. The molecule has 0 aromatic carbocycles. The molecular weight excluding hydrogens is 244 g/mol. The Kier molecular flexibility index (Phi) is 5.35. The number of hydrogen-bond donors (Lipinski definition) is 2. The van der Waals surface area contributed by atoms with Crippen LogP contribution in [0.25, 0.3) is 0 Å². The summed E-state index contributed by atoms with van der Waals surface area (Å²) in [5.74, 6) is 0.406. The highest BCUT2D eigenvalue weighted by Gasteiger charge is 2.06. The Bertz CT molecular complexity index is 411. The topological polar surface area (TPSA) is 84.0 Å². The number of carbonyl (C=O) groups excluding carboxylic acids is 2. The molecule has 0 spiro atoms. The maximum absolute atomic E-state index is 11.3. The maximum atomic E-state index is 11.3. The molecule has 0 unspecified atom stereocenters. The van der Waals surface area contributed by atoms with E-state index in [2.05, 4.69) is 20.6 Å². The zero-order chi connectivity index (χ0) is 12.7. The van der Waals surface area contributed by atoms with Crippen molar-refractivity contribution in [1.29, 1.82) is 0 Å². The first kappa shape index (κ1) is 13.4. The van der Waals surface area contributed by atoms with Crippen LogP contribution in [0.15, 0.2) is 12.3 Å². The van der Waals surface area contributed by atoms with E-state index in [0.29, 0.717) is 11.5 Å². The second-order valence-electron chi connectivity index (χ2n) is 3.27. The number of rotatable bonds is 4. The molecule has 1 aromatic heterocycles. The highest BCUT2D eigenvalue weighted by Crippen LogP contribution is 1.93. The van der Waals surface area contributed by atoms with Crippen LogP contribution in [-0.4, -0.2) is 27.8 Å². The number of amides is 3. The fourth-order valence-electron chi connectivity index (χ4n) is 1.09. The van der Waals surface area contributed by atoms with Gasteiger partial charge in [0.2, 0.25) is 5.91 Å². The van der Waals surface area contributed by atoms with E-state index in [1.807, 2.05) is 0 Å². The minimum absolute atomic E-state index is 0.113. The SMILES string of the molecule is Cc1nccc(CNC(=O)NC(=O)CCCl)n1. The van der Waals surface area contributed by atoms with Gasteiger partial charge in [-0.15, -0.1) is 11.6 Å². The standard InChI is InChI=1S/C10H13ClN4O2/c1-7-12-5-3-8(14-7)6-13-10(17)15-9(16)2-4-11/h3,5H,2,4,6H2,1H3,(H2,13,15,16,17). The molecule has 0 aliphatic carbocycles. The zero-order valence-electron chi connectivity index (χ0n) is 9.36. The Morgan fingerprint density at radius 2 is 2.24 bits per heavy atom. The average molecular weight is 257 g/mol. The molecular formula is C10H13ClN4O2. The van der Waals surface area contributed by atoms with Gasteiger partial charge in [-0.25, -0.2) is 14.8 Å². The van der Waals surface area contributed by atoms with E-state index in [4.69, 9.17) is 11.6 Å². The van der Waals surface area contributed by atoms with Crippen LogP contribution in [0.4, 0.5) is 4.79 Å². The summed E-state index contributed by atoms with van der Waals surface area (Å²) in [7, 11) is 0. The highest BCUT2D eigenvalue weighted by atomic mass is 35.5. The molecule has 1 heterocycles. The van der Waals surface area contributed by atoms with Crippen LogP contribution in [0.5, 0.6) is 0 Å². The molecule has 0 atom stereocenters. The van der Waals surface area contributed by atoms with Gasteiger partial charge in [-0.2, -0.15) is 0 Å². The van der Waals surface area contributed by atoms with Gasteiger partial charge >= 0.3 is 6.03 Å². The first-order valence-corrected chi connectivity index (χ1v) is 5.57. The second kappa shape index (κ2) is 6.80. The third kappa shape index (κ3) is 5.26. The van der Waals surface area contributed by atoms with Gasteiger partial charge in [0.15, 0.2) is 0 Å². The number of halogens is 1. The van der Waals surface area contributed by atoms with Crippen molar-refractivity contribution in [3.8, 4) is 0 Å². The number of nitrogens with zero attached hydrogens (tertiary/aromatic N) is 2. The van der Waals surface area contributed by atoms with E-state index in [-0.39, 0.29) is 18.8 Å². The monoisotopic (exact) mass is 256 g/mol. The fourth-order valence-corrected chi connectivity index (χ4v) is 1.27. The van der Waals surface area contributed by atoms with Crippen LogP contribution in [0.1, 0.15) is 17.9 Å². The fraction of sp³-hybridized carbons (Fsp3) is 0.400. The van der Waals surface area contributed by atoms with Crippen molar-refractivity contribution in [3.63, 3.8) is 0 Å². The quantitative estimate of drug-likeness (QED) is 0.779. The normalized spacial score (nSPS) is 9.76. The molecule has 0 fully saturated rings. The summed E-state index contributed by atoms with van der Waals surface area (Å²) in [5.41, 5.74) is 0.678. The van der Waals surface area contributed by atoms with E-state index in [9.17, 15) is 9.59 Å². The van der Waals surface area contributed by atoms with Crippen LogP contribution in [0.3, 0.4) is 0 Å². The first-order valence-electron chi connectivity index (χ1n) is 5.04.